The second kappa shape index (κ2) is 11.7. The van der Waals surface area contributed by atoms with E-state index in [1.807, 2.05) is 0 Å². The van der Waals surface area contributed by atoms with Crippen LogP contribution >= 0.6 is 0 Å². The first-order valence-corrected chi connectivity index (χ1v) is 14.2. The van der Waals surface area contributed by atoms with Crippen molar-refractivity contribution in [1.82, 2.24) is 0 Å². The standard InChI is InChI=1S/C16H12O6.C14H8O4.H2O4S/c1-7(17)16(8(2)18)15(21)11-12(19)9-5-3-4-6-10(9)13(20)14(11)22-16;1-7(15)11-6-10-12(16)8-4-2-3-5-9(8)13(17)14(10)18-11;1-5(2,3)4/h3-6,15,21H,1-2H3;2-6H,1H3;(H2,1,2,3,4). The Balaban J connectivity index is 0.000000181. The Morgan fingerprint density at radius 1 is 0.711 bits per heavy atom. The van der Waals surface area contributed by atoms with Gasteiger partial charge in [0.05, 0.1) is 11.1 Å². The number of rotatable bonds is 3. The lowest BCUT2D eigenvalue weighted by Crippen LogP contribution is -2.53. The molecule has 3 N–H and O–H groups in total. The van der Waals surface area contributed by atoms with Crippen LogP contribution in [-0.2, 0) is 24.7 Å². The molecule has 1 unspecified atom stereocenters. The van der Waals surface area contributed by atoms with E-state index >= 15 is 0 Å². The Morgan fingerprint density at radius 3 is 1.58 bits per heavy atom. The van der Waals surface area contributed by atoms with Crippen LogP contribution in [0, 0.1) is 0 Å². The fourth-order valence-electron chi connectivity index (χ4n) is 4.97. The van der Waals surface area contributed by atoms with Crippen LogP contribution in [-0.4, -0.2) is 74.8 Å². The van der Waals surface area contributed by atoms with Crippen molar-refractivity contribution in [1.29, 1.82) is 0 Å². The number of Topliss-reactive ketones (excluding diaryl/α,β-unsaturated/α-hetero) is 5. The molecule has 1 aliphatic heterocycles. The number of carbonyl (C=O) groups excluding carboxylic acids is 7. The monoisotopic (exact) mass is 638 g/mol. The number of aliphatic hydroxyl groups is 1. The van der Waals surface area contributed by atoms with E-state index in [0.717, 1.165) is 13.8 Å². The van der Waals surface area contributed by atoms with Gasteiger partial charge in [-0.2, -0.15) is 8.42 Å². The van der Waals surface area contributed by atoms with Gasteiger partial charge in [0.2, 0.25) is 11.6 Å². The Morgan fingerprint density at radius 2 is 1.13 bits per heavy atom. The highest BCUT2D eigenvalue weighted by Gasteiger charge is 2.61. The lowest BCUT2D eigenvalue weighted by atomic mass is 9.80. The van der Waals surface area contributed by atoms with Crippen molar-refractivity contribution in [3.8, 4) is 0 Å². The van der Waals surface area contributed by atoms with Crippen LogP contribution in [0.25, 0.3) is 0 Å². The molecule has 2 heterocycles. The van der Waals surface area contributed by atoms with E-state index in [2.05, 4.69) is 0 Å². The molecule has 3 aliphatic rings. The molecule has 2 aliphatic carbocycles. The van der Waals surface area contributed by atoms with E-state index in [-0.39, 0.29) is 51.1 Å². The highest BCUT2D eigenvalue weighted by molar-refractivity contribution is 7.79. The summed E-state index contributed by atoms with van der Waals surface area (Å²) in [6, 6.07) is 14.0. The summed E-state index contributed by atoms with van der Waals surface area (Å²) >= 11 is 0. The van der Waals surface area contributed by atoms with Gasteiger partial charge < -0.3 is 14.3 Å². The van der Waals surface area contributed by atoms with Crippen LogP contribution in [0.4, 0.5) is 0 Å². The van der Waals surface area contributed by atoms with Crippen molar-refractivity contribution in [3.63, 3.8) is 0 Å². The van der Waals surface area contributed by atoms with Crippen molar-refractivity contribution < 1.29 is 65.3 Å². The number of hydrogen-bond acceptors (Lipinski definition) is 12. The molecular formula is C30H22O14S. The fraction of sp³-hybridized carbons (Fsp3) is 0.167. The first kappa shape index (κ1) is 32.7. The summed E-state index contributed by atoms with van der Waals surface area (Å²) in [7, 11) is -4.67. The largest absolute Gasteiger partial charge is 0.464 e. The molecule has 45 heavy (non-hydrogen) atoms. The van der Waals surface area contributed by atoms with E-state index in [9.17, 15) is 38.7 Å². The molecule has 0 saturated carbocycles. The zero-order chi connectivity index (χ0) is 33.6. The van der Waals surface area contributed by atoms with Crippen molar-refractivity contribution in [2.75, 3.05) is 0 Å². The molecule has 0 saturated heterocycles. The Labute approximate surface area is 253 Å². The predicted octanol–water partition coefficient (Wildman–Crippen LogP) is 2.23. The van der Waals surface area contributed by atoms with Gasteiger partial charge in [-0.25, -0.2) is 0 Å². The van der Waals surface area contributed by atoms with Crippen molar-refractivity contribution >= 4 is 50.9 Å². The summed E-state index contributed by atoms with van der Waals surface area (Å²) in [6.07, 6.45) is -1.79. The summed E-state index contributed by atoms with van der Waals surface area (Å²) in [4.78, 5) is 84.3. The molecule has 0 spiro atoms. The van der Waals surface area contributed by atoms with Crippen LogP contribution in [0.5, 0.6) is 0 Å². The molecule has 14 nitrogen and oxygen atoms in total. The lowest BCUT2D eigenvalue weighted by molar-refractivity contribution is -0.155. The third kappa shape index (κ3) is 5.72. The smallest absolute Gasteiger partial charge is 0.394 e. The van der Waals surface area contributed by atoms with Crippen molar-refractivity contribution in [2.45, 2.75) is 32.5 Å². The zero-order valence-electron chi connectivity index (χ0n) is 23.5. The van der Waals surface area contributed by atoms with Crippen LogP contribution in [0.3, 0.4) is 0 Å². The number of ether oxygens (including phenoxy) is 1. The second-order valence-corrected chi connectivity index (χ2v) is 10.8. The molecular weight excluding hydrogens is 616 g/mol. The van der Waals surface area contributed by atoms with Crippen molar-refractivity contribution in [2.24, 2.45) is 0 Å². The zero-order valence-corrected chi connectivity index (χ0v) is 24.3. The molecule has 1 atom stereocenters. The topological polar surface area (TPSA) is 237 Å². The number of furan rings is 1. The number of hydrogen-bond donors (Lipinski definition) is 3. The van der Waals surface area contributed by atoms with Gasteiger partial charge in [0.15, 0.2) is 46.2 Å². The van der Waals surface area contributed by atoms with Gasteiger partial charge in [-0.05, 0) is 19.9 Å². The highest BCUT2D eigenvalue weighted by Crippen LogP contribution is 2.42. The molecule has 15 heteroatoms. The first-order chi connectivity index (χ1) is 20.9. The molecule has 0 fully saturated rings. The van der Waals surface area contributed by atoms with Gasteiger partial charge in [0.1, 0.15) is 6.10 Å². The molecule has 6 rings (SSSR count). The average molecular weight is 639 g/mol. The molecule has 2 aromatic carbocycles. The minimum Gasteiger partial charge on any atom is -0.464 e. The number of carbonyl (C=O) groups is 7. The van der Waals surface area contributed by atoms with Gasteiger partial charge in [-0.15, -0.1) is 0 Å². The molecule has 3 aromatic rings. The number of ketones is 7. The number of benzene rings is 2. The van der Waals surface area contributed by atoms with Gasteiger partial charge in [-0.1, -0.05) is 48.5 Å². The Hall–Kier alpha value is -5.22. The van der Waals surface area contributed by atoms with Crippen LogP contribution < -0.4 is 0 Å². The number of fused-ring (bicyclic) bond motifs is 3. The SMILES string of the molecule is CC(=O)C1(C(C)=O)OC2=C(C(=O)c3ccccc3C2=O)C1O.CC(=O)c1cc2c(o1)C(=O)c1ccccc1C2=O.O=S(=O)(O)O. The summed E-state index contributed by atoms with van der Waals surface area (Å²) in [5.74, 6) is -4.10. The van der Waals surface area contributed by atoms with Crippen LogP contribution in [0.1, 0.15) is 84.1 Å². The summed E-state index contributed by atoms with van der Waals surface area (Å²) < 4.78 is 42.1. The molecule has 1 aromatic heterocycles. The maximum absolute atomic E-state index is 12.5. The van der Waals surface area contributed by atoms with E-state index in [0.29, 0.717) is 11.1 Å². The van der Waals surface area contributed by atoms with Gasteiger partial charge in [0, 0.05) is 29.2 Å². The average Bonchev–Trinajstić information content (AvgIpc) is 3.56. The number of aliphatic hydroxyl groups excluding tert-OH is 1. The Kier molecular flexibility index (Phi) is 8.50. The molecule has 232 valence electrons. The van der Waals surface area contributed by atoms with Gasteiger partial charge >= 0.3 is 10.4 Å². The van der Waals surface area contributed by atoms with Crippen LogP contribution in [0.2, 0.25) is 0 Å². The first-order valence-electron chi connectivity index (χ1n) is 12.8. The third-order valence-corrected chi connectivity index (χ3v) is 7.03. The van der Waals surface area contributed by atoms with Crippen LogP contribution in [0.15, 0.2) is 70.3 Å². The number of allylic oxidation sites excluding steroid dienone is 1. The molecule has 0 radical (unpaired) electrons. The van der Waals surface area contributed by atoms with E-state index in [4.69, 9.17) is 26.7 Å². The maximum atomic E-state index is 12.5. The molecule has 0 bridgehead atoms. The van der Waals surface area contributed by atoms with Gasteiger partial charge in [-0.3, -0.25) is 42.7 Å². The minimum absolute atomic E-state index is 0.0366. The quantitative estimate of drug-likeness (QED) is 0.166. The fourth-order valence-corrected chi connectivity index (χ4v) is 4.97. The Bertz CT molecular complexity index is 1920. The van der Waals surface area contributed by atoms with E-state index < -0.39 is 51.0 Å². The minimum atomic E-state index is -4.67. The van der Waals surface area contributed by atoms with Gasteiger partial charge in [0.25, 0.3) is 5.60 Å². The molecule has 0 amide bonds. The van der Waals surface area contributed by atoms with E-state index in [1.165, 1.54) is 25.1 Å². The second-order valence-electron chi connectivity index (χ2n) is 9.86. The highest BCUT2D eigenvalue weighted by atomic mass is 32.3. The van der Waals surface area contributed by atoms with Crippen molar-refractivity contribution in [3.05, 3.63) is 105 Å². The maximum Gasteiger partial charge on any atom is 0.394 e. The summed E-state index contributed by atoms with van der Waals surface area (Å²) in [6.45, 7) is 3.47. The third-order valence-electron chi connectivity index (χ3n) is 7.03. The summed E-state index contributed by atoms with van der Waals surface area (Å²) in [5.41, 5.74) is -1.46. The van der Waals surface area contributed by atoms with E-state index in [1.54, 1.807) is 36.4 Å². The normalized spacial score (nSPS) is 17.3. The summed E-state index contributed by atoms with van der Waals surface area (Å²) in [5, 5.41) is 10.4. The lowest BCUT2D eigenvalue weighted by Gasteiger charge is -2.27. The predicted molar refractivity (Wildman–Crippen MR) is 150 cm³/mol.